The molecule has 5 rings (SSSR count). The number of hydrogen-bond acceptors (Lipinski definition) is 8. The summed E-state index contributed by atoms with van der Waals surface area (Å²) in [5.41, 5.74) is 3.45. The van der Waals surface area contributed by atoms with Crippen LogP contribution in [0.3, 0.4) is 0 Å². The lowest BCUT2D eigenvalue weighted by molar-refractivity contribution is -0.139. The number of carbonyl (C=O) groups excluding carboxylic acids is 2. The van der Waals surface area contributed by atoms with Gasteiger partial charge >= 0.3 is 5.97 Å². The molecule has 0 radical (unpaired) electrons. The maximum atomic E-state index is 13.2. The minimum atomic E-state index is -0.677. The third-order valence-electron chi connectivity index (χ3n) is 5.37. The summed E-state index contributed by atoms with van der Waals surface area (Å²) in [7, 11) is 0. The highest BCUT2D eigenvalue weighted by atomic mass is 16.5. The Hall–Kier alpha value is -4.47. The van der Waals surface area contributed by atoms with Gasteiger partial charge in [-0.25, -0.2) is 9.78 Å². The van der Waals surface area contributed by atoms with Crippen molar-refractivity contribution in [2.24, 2.45) is 0 Å². The van der Waals surface area contributed by atoms with Crippen molar-refractivity contribution in [3.8, 4) is 0 Å². The smallest absolute Gasteiger partial charge is 0.347 e. The summed E-state index contributed by atoms with van der Waals surface area (Å²) in [6.07, 6.45) is 7.54. The molecule has 10 heteroatoms. The number of pyridine rings is 2. The van der Waals surface area contributed by atoms with Crippen molar-refractivity contribution in [3.63, 3.8) is 0 Å². The van der Waals surface area contributed by atoms with E-state index in [2.05, 4.69) is 15.0 Å². The first-order chi connectivity index (χ1) is 16.6. The molecule has 3 aromatic heterocycles. The lowest BCUT2D eigenvalue weighted by atomic mass is 10.1. The quantitative estimate of drug-likeness (QED) is 0.259. The van der Waals surface area contributed by atoms with E-state index in [0.29, 0.717) is 25.2 Å². The van der Waals surface area contributed by atoms with Crippen molar-refractivity contribution < 1.29 is 29.0 Å². The molecule has 0 bridgehead atoms. The number of aromatic nitrogens is 3. The Morgan fingerprint density at radius 2 is 2.06 bits per heavy atom. The summed E-state index contributed by atoms with van der Waals surface area (Å²) >= 11 is 0. The summed E-state index contributed by atoms with van der Waals surface area (Å²) in [6, 6.07) is 7.59. The van der Waals surface area contributed by atoms with Crippen LogP contribution in [0.25, 0.3) is 17.1 Å². The van der Waals surface area contributed by atoms with Crippen LogP contribution in [0.1, 0.15) is 23.7 Å². The van der Waals surface area contributed by atoms with Gasteiger partial charge in [0.05, 0.1) is 6.61 Å². The number of ether oxygens (including phenoxy) is 2. The summed E-state index contributed by atoms with van der Waals surface area (Å²) in [5.74, 6) is -0.839. The molecule has 0 aliphatic carbocycles. The number of ketones is 1. The molecule has 0 fully saturated rings. The summed E-state index contributed by atoms with van der Waals surface area (Å²) < 4.78 is 11.2. The fourth-order valence-electron chi connectivity index (χ4n) is 3.90. The second-order valence-electron chi connectivity index (χ2n) is 7.37. The number of rotatable bonds is 4. The minimum Gasteiger partial charge on any atom is -0.483 e. The van der Waals surface area contributed by atoms with Crippen molar-refractivity contribution in [3.05, 3.63) is 76.9 Å². The van der Waals surface area contributed by atoms with E-state index in [0.717, 1.165) is 22.2 Å². The van der Waals surface area contributed by atoms with Gasteiger partial charge in [-0.05, 0) is 36.8 Å². The van der Waals surface area contributed by atoms with Gasteiger partial charge in [0.15, 0.2) is 11.3 Å². The summed E-state index contributed by atoms with van der Waals surface area (Å²) in [6.45, 7) is 2.71. The van der Waals surface area contributed by atoms with E-state index in [1.54, 1.807) is 31.6 Å². The number of carbonyl (C=O) groups is 3. The molecule has 0 atom stereocenters. The van der Waals surface area contributed by atoms with Gasteiger partial charge in [-0.1, -0.05) is 6.07 Å². The molecule has 3 aromatic rings. The number of aromatic amines is 1. The SMILES string of the molecule is CCOC(=O)C1=C(N2CCc3ncccc3C2)OC(=Cc2c[nH]c3ncccc23)C1=O.O=CO. The number of hydrogen-bond donors (Lipinski definition) is 2. The maximum Gasteiger partial charge on any atom is 0.347 e. The van der Waals surface area contributed by atoms with Crippen LogP contribution in [0.2, 0.25) is 0 Å². The van der Waals surface area contributed by atoms with Crippen LogP contribution in [-0.4, -0.2) is 56.3 Å². The van der Waals surface area contributed by atoms with Crippen LogP contribution >= 0.6 is 0 Å². The van der Waals surface area contributed by atoms with Crippen molar-refractivity contribution in [1.29, 1.82) is 0 Å². The Bertz CT molecular complexity index is 1310. The minimum absolute atomic E-state index is 0.0709. The number of carboxylic acid groups (broad SMARTS) is 1. The average Bonchev–Trinajstić information content (AvgIpc) is 3.41. The van der Waals surface area contributed by atoms with Gasteiger partial charge < -0.3 is 24.5 Å². The second-order valence-corrected chi connectivity index (χ2v) is 7.37. The Balaban J connectivity index is 0.000000868. The molecular weight excluding hydrogens is 440 g/mol. The van der Waals surface area contributed by atoms with Crippen molar-refractivity contribution in [1.82, 2.24) is 19.9 Å². The van der Waals surface area contributed by atoms with E-state index in [4.69, 9.17) is 19.4 Å². The van der Waals surface area contributed by atoms with Gasteiger partial charge in [0.1, 0.15) is 5.65 Å². The molecule has 10 nitrogen and oxygen atoms in total. The highest BCUT2D eigenvalue weighted by molar-refractivity contribution is 6.26. The molecule has 2 N–H and O–H groups in total. The van der Waals surface area contributed by atoms with Crippen molar-refractivity contribution in [2.45, 2.75) is 19.9 Å². The standard InChI is InChI=1S/C23H20N4O4.CH2O2/c1-2-30-23(29)19-20(28)18(11-15-12-26-21-16(15)6-4-9-25-21)31-22(19)27-10-7-17-14(13-27)5-3-8-24-17;2-1-3/h3-6,8-9,11-12H,2,7,10,13H2,1H3,(H,25,26);1H,(H,2,3). The predicted molar refractivity (Wildman–Crippen MR) is 121 cm³/mol. The van der Waals surface area contributed by atoms with E-state index in [-0.39, 0.29) is 30.3 Å². The Morgan fingerprint density at radius 1 is 1.29 bits per heavy atom. The maximum absolute atomic E-state index is 13.2. The first-order valence-electron chi connectivity index (χ1n) is 10.6. The van der Waals surface area contributed by atoms with Crippen LogP contribution in [0.4, 0.5) is 0 Å². The molecule has 0 saturated carbocycles. The normalized spacial score (nSPS) is 16.1. The Kier molecular flexibility index (Phi) is 6.67. The van der Waals surface area contributed by atoms with Crippen LogP contribution in [0.5, 0.6) is 0 Å². The van der Waals surface area contributed by atoms with E-state index in [1.165, 1.54) is 0 Å². The van der Waals surface area contributed by atoms with E-state index >= 15 is 0 Å². The van der Waals surface area contributed by atoms with Gasteiger partial charge in [-0.3, -0.25) is 14.6 Å². The molecule has 0 spiro atoms. The molecule has 0 aromatic carbocycles. The van der Waals surface area contributed by atoms with Crippen LogP contribution < -0.4 is 0 Å². The third-order valence-corrected chi connectivity index (χ3v) is 5.37. The van der Waals surface area contributed by atoms with Gasteiger partial charge in [-0.2, -0.15) is 0 Å². The van der Waals surface area contributed by atoms with Crippen LogP contribution in [0.15, 0.2) is 60.1 Å². The highest BCUT2D eigenvalue weighted by Crippen LogP contribution is 2.33. The molecule has 34 heavy (non-hydrogen) atoms. The molecule has 174 valence electrons. The fraction of sp³-hybridized carbons (Fsp3) is 0.208. The van der Waals surface area contributed by atoms with Gasteiger partial charge in [0.2, 0.25) is 11.7 Å². The number of allylic oxidation sites excluding steroid dienone is 1. The van der Waals surface area contributed by atoms with Crippen molar-refractivity contribution in [2.75, 3.05) is 13.2 Å². The number of H-pyrrole nitrogens is 1. The lowest BCUT2D eigenvalue weighted by Crippen LogP contribution is -2.32. The molecule has 0 unspecified atom stereocenters. The zero-order valence-corrected chi connectivity index (χ0v) is 18.4. The van der Waals surface area contributed by atoms with E-state index in [9.17, 15) is 9.59 Å². The van der Waals surface area contributed by atoms with E-state index in [1.807, 2.05) is 29.2 Å². The van der Waals surface area contributed by atoms with Crippen LogP contribution in [0, 0.1) is 0 Å². The molecular formula is C24H22N4O6. The second kappa shape index (κ2) is 9.99. The first-order valence-corrected chi connectivity index (χ1v) is 10.6. The van der Waals surface area contributed by atoms with Gasteiger partial charge in [0.25, 0.3) is 6.47 Å². The first kappa shape index (κ1) is 22.7. The topological polar surface area (TPSA) is 135 Å². The molecule has 2 aliphatic rings. The zero-order valence-electron chi connectivity index (χ0n) is 18.4. The van der Waals surface area contributed by atoms with Gasteiger partial charge in [0, 0.05) is 54.7 Å². The molecule has 2 aliphatic heterocycles. The number of nitrogens with one attached hydrogen (secondary N) is 1. The highest BCUT2D eigenvalue weighted by Gasteiger charge is 2.40. The molecule has 5 heterocycles. The van der Waals surface area contributed by atoms with E-state index < -0.39 is 11.8 Å². The average molecular weight is 462 g/mol. The summed E-state index contributed by atoms with van der Waals surface area (Å²) in [5, 5.41) is 7.75. The predicted octanol–water partition coefficient (Wildman–Crippen LogP) is 2.43. The molecule has 0 saturated heterocycles. The largest absolute Gasteiger partial charge is 0.483 e. The van der Waals surface area contributed by atoms with Gasteiger partial charge in [-0.15, -0.1) is 0 Å². The molecule has 0 amide bonds. The number of fused-ring (bicyclic) bond motifs is 2. The monoisotopic (exact) mass is 462 g/mol. The van der Waals surface area contributed by atoms with Crippen molar-refractivity contribution >= 4 is 35.3 Å². The Morgan fingerprint density at radius 3 is 2.85 bits per heavy atom. The lowest BCUT2D eigenvalue weighted by Gasteiger charge is -2.30. The summed E-state index contributed by atoms with van der Waals surface area (Å²) in [4.78, 5) is 47.8. The Labute approximate surface area is 194 Å². The fourth-order valence-corrected chi connectivity index (χ4v) is 3.90. The number of esters is 1. The number of nitrogens with zero attached hydrogens (tertiary/aromatic N) is 3. The number of Topliss-reactive ketones (excluding diaryl/α,β-unsaturated/α-hetero) is 1. The zero-order chi connectivity index (χ0) is 24.1. The van der Waals surface area contributed by atoms with Crippen LogP contribution in [-0.2, 0) is 36.8 Å². The third kappa shape index (κ3) is 4.38.